The zero-order chi connectivity index (χ0) is 19.4. The summed E-state index contributed by atoms with van der Waals surface area (Å²) in [5.41, 5.74) is 7.63. The first-order valence-electron chi connectivity index (χ1n) is 9.05. The summed E-state index contributed by atoms with van der Waals surface area (Å²) >= 11 is 0. The van der Waals surface area contributed by atoms with Crippen LogP contribution in [0.25, 0.3) is 0 Å². The summed E-state index contributed by atoms with van der Waals surface area (Å²) in [5.74, 6) is 0.708. The first kappa shape index (κ1) is 19.0. The molecule has 27 heavy (non-hydrogen) atoms. The van der Waals surface area contributed by atoms with E-state index in [0.29, 0.717) is 24.2 Å². The Balaban J connectivity index is 1.45. The minimum Gasteiger partial charge on any atom is -0.368 e. The van der Waals surface area contributed by atoms with E-state index in [-0.39, 0.29) is 17.7 Å². The van der Waals surface area contributed by atoms with Gasteiger partial charge in [-0.15, -0.1) is 0 Å². The van der Waals surface area contributed by atoms with Crippen LogP contribution < -0.4 is 16.0 Å². The summed E-state index contributed by atoms with van der Waals surface area (Å²) in [6.07, 6.45) is 0.370. The highest BCUT2D eigenvalue weighted by molar-refractivity contribution is 5.90. The number of nitrogen functional groups attached to an aromatic ring is 1. The van der Waals surface area contributed by atoms with E-state index in [0.717, 1.165) is 37.7 Å². The molecule has 2 heterocycles. The van der Waals surface area contributed by atoms with Crippen molar-refractivity contribution in [3.05, 3.63) is 41.3 Å². The minimum atomic E-state index is -0.315. The topological polar surface area (TPSA) is 87.4 Å². The first-order valence-corrected chi connectivity index (χ1v) is 9.05. The maximum Gasteiger partial charge on any atom is 0.225 e. The van der Waals surface area contributed by atoms with E-state index in [9.17, 15) is 9.18 Å². The molecule has 144 valence electrons. The van der Waals surface area contributed by atoms with Gasteiger partial charge in [-0.1, -0.05) is 6.07 Å². The number of carbonyl (C=O) groups is 1. The average Bonchev–Trinajstić information content (AvgIpc) is 2.63. The van der Waals surface area contributed by atoms with E-state index in [2.05, 4.69) is 25.1 Å². The molecule has 0 bridgehead atoms. The summed E-state index contributed by atoms with van der Waals surface area (Å²) in [7, 11) is 0. The van der Waals surface area contributed by atoms with Crippen LogP contribution in [0.4, 0.5) is 21.8 Å². The third-order valence-corrected chi connectivity index (χ3v) is 4.66. The molecule has 1 fully saturated rings. The quantitative estimate of drug-likeness (QED) is 0.834. The minimum absolute atomic E-state index is 0.111. The smallest absolute Gasteiger partial charge is 0.225 e. The Morgan fingerprint density at radius 3 is 2.59 bits per heavy atom. The Bertz CT molecular complexity index is 800. The Kier molecular flexibility index (Phi) is 5.85. The van der Waals surface area contributed by atoms with Crippen molar-refractivity contribution in [2.24, 2.45) is 0 Å². The molecule has 0 unspecified atom stereocenters. The fourth-order valence-corrected chi connectivity index (χ4v) is 3.09. The van der Waals surface area contributed by atoms with Crippen LogP contribution >= 0.6 is 0 Å². The summed E-state index contributed by atoms with van der Waals surface area (Å²) < 4.78 is 13.6. The monoisotopic (exact) mass is 372 g/mol. The van der Waals surface area contributed by atoms with Crippen LogP contribution in [0.2, 0.25) is 0 Å². The Hall–Kier alpha value is -2.74. The lowest BCUT2D eigenvalue weighted by Crippen LogP contribution is -2.47. The molecule has 0 spiro atoms. The van der Waals surface area contributed by atoms with Gasteiger partial charge in [0.05, 0.1) is 0 Å². The predicted octanol–water partition coefficient (Wildman–Crippen LogP) is 1.97. The molecule has 0 saturated carbocycles. The number of rotatable bonds is 5. The van der Waals surface area contributed by atoms with Crippen molar-refractivity contribution in [2.75, 3.05) is 48.7 Å². The first-order chi connectivity index (χ1) is 12.9. The van der Waals surface area contributed by atoms with Crippen molar-refractivity contribution < 1.29 is 9.18 Å². The Morgan fingerprint density at radius 1 is 1.19 bits per heavy atom. The molecule has 1 aliphatic heterocycles. The SMILES string of the molecule is Cc1cc(N2CCN(CCC(=O)Nc3ccc(C)c(F)c3)CC2)nc(N)n1. The summed E-state index contributed by atoms with van der Waals surface area (Å²) in [6.45, 7) is 7.58. The molecule has 7 nitrogen and oxygen atoms in total. The second kappa shape index (κ2) is 8.30. The molecule has 1 saturated heterocycles. The van der Waals surface area contributed by atoms with E-state index < -0.39 is 0 Å². The highest BCUT2D eigenvalue weighted by Crippen LogP contribution is 2.16. The van der Waals surface area contributed by atoms with Gasteiger partial charge < -0.3 is 16.0 Å². The second-order valence-electron chi connectivity index (χ2n) is 6.82. The number of nitrogens with two attached hydrogens (primary N) is 1. The molecule has 0 aliphatic carbocycles. The number of benzene rings is 1. The highest BCUT2D eigenvalue weighted by atomic mass is 19.1. The summed E-state index contributed by atoms with van der Waals surface area (Å²) in [4.78, 5) is 24.9. The normalized spacial score (nSPS) is 15.0. The van der Waals surface area contributed by atoms with Gasteiger partial charge in [-0.25, -0.2) is 9.37 Å². The number of halogens is 1. The van der Waals surface area contributed by atoms with Crippen LogP contribution in [0.3, 0.4) is 0 Å². The van der Waals surface area contributed by atoms with Crippen molar-refractivity contribution in [2.45, 2.75) is 20.3 Å². The van der Waals surface area contributed by atoms with Crippen molar-refractivity contribution >= 4 is 23.4 Å². The van der Waals surface area contributed by atoms with Gasteiger partial charge in [-0.3, -0.25) is 9.69 Å². The molecule has 0 radical (unpaired) electrons. The number of aryl methyl sites for hydroxylation is 2. The fraction of sp³-hybridized carbons (Fsp3) is 0.421. The standard InChI is InChI=1S/C19H25FN6O/c1-13-3-4-15(12-16(13)20)23-18(27)5-6-25-7-9-26(10-8-25)17-11-14(2)22-19(21)24-17/h3-4,11-12H,5-10H2,1-2H3,(H,23,27)(H2,21,22,24). The number of hydrogen-bond acceptors (Lipinski definition) is 6. The average molecular weight is 372 g/mol. The van der Waals surface area contributed by atoms with Crippen molar-refractivity contribution in [3.8, 4) is 0 Å². The van der Waals surface area contributed by atoms with E-state index in [4.69, 9.17) is 5.73 Å². The fourth-order valence-electron chi connectivity index (χ4n) is 3.09. The molecule has 1 aliphatic rings. The summed E-state index contributed by atoms with van der Waals surface area (Å²) in [6, 6.07) is 6.65. The van der Waals surface area contributed by atoms with Gasteiger partial charge in [0, 0.05) is 56.6 Å². The number of hydrogen-bond donors (Lipinski definition) is 2. The van der Waals surface area contributed by atoms with Gasteiger partial charge >= 0.3 is 0 Å². The third-order valence-electron chi connectivity index (χ3n) is 4.66. The second-order valence-corrected chi connectivity index (χ2v) is 6.82. The largest absolute Gasteiger partial charge is 0.368 e. The lowest BCUT2D eigenvalue weighted by atomic mass is 10.2. The van der Waals surface area contributed by atoms with Crippen LogP contribution in [0.1, 0.15) is 17.7 Å². The zero-order valence-electron chi connectivity index (χ0n) is 15.7. The van der Waals surface area contributed by atoms with Gasteiger partial charge in [0.15, 0.2) is 0 Å². The van der Waals surface area contributed by atoms with Gasteiger partial charge in [0.1, 0.15) is 11.6 Å². The lowest BCUT2D eigenvalue weighted by Gasteiger charge is -2.35. The highest BCUT2D eigenvalue weighted by Gasteiger charge is 2.19. The molecular weight excluding hydrogens is 347 g/mol. The van der Waals surface area contributed by atoms with E-state index in [1.807, 2.05) is 13.0 Å². The molecule has 8 heteroatoms. The van der Waals surface area contributed by atoms with E-state index in [1.165, 1.54) is 6.07 Å². The molecule has 3 rings (SSSR count). The van der Waals surface area contributed by atoms with Gasteiger partial charge in [0.2, 0.25) is 11.9 Å². The number of amides is 1. The van der Waals surface area contributed by atoms with E-state index in [1.54, 1.807) is 19.1 Å². The Labute approximate surface area is 158 Å². The number of aromatic nitrogens is 2. The van der Waals surface area contributed by atoms with Crippen LogP contribution in [0.5, 0.6) is 0 Å². The predicted molar refractivity (Wildman–Crippen MR) is 104 cm³/mol. The number of anilines is 3. The number of nitrogens with one attached hydrogen (secondary N) is 1. The molecule has 2 aromatic rings. The molecule has 1 amide bonds. The maximum atomic E-state index is 13.6. The Morgan fingerprint density at radius 2 is 1.93 bits per heavy atom. The molecule has 1 aromatic carbocycles. The van der Waals surface area contributed by atoms with Crippen molar-refractivity contribution in [1.29, 1.82) is 0 Å². The van der Waals surface area contributed by atoms with Crippen LogP contribution in [-0.4, -0.2) is 53.5 Å². The van der Waals surface area contributed by atoms with Gasteiger partial charge in [0.25, 0.3) is 0 Å². The molecule has 3 N–H and O–H groups in total. The zero-order valence-corrected chi connectivity index (χ0v) is 15.7. The maximum absolute atomic E-state index is 13.6. The molecule has 1 aromatic heterocycles. The number of piperazine rings is 1. The van der Waals surface area contributed by atoms with Gasteiger partial charge in [-0.2, -0.15) is 4.98 Å². The van der Waals surface area contributed by atoms with Crippen LogP contribution in [0.15, 0.2) is 24.3 Å². The van der Waals surface area contributed by atoms with Crippen LogP contribution in [0, 0.1) is 19.7 Å². The summed E-state index contributed by atoms with van der Waals surface area (Å²) in [5, 5.41) is 2.75. The molecule has 0 atom stereocenters. The van der Waals surface area contributed by atoms with Crippen molar-refractivity contribution in [1.82, 2.24) is 14.9 Å². The van der Waals surface area contributed by atoms with Gasteiger partial charge in [-0.05, 0) is 31.5 Å². The number of carbonyl (C=O) groups excluding carboxylic acids is 1. The third kappa shape index (κ3) is 5.13. The number of nitrogens with zero attached hydrogens (tertiary/aromatic N) is 4. The molecular formula is C19H25FN6O. The lowest BCUT2D eigenvalue weighted by molar-refractivity contribution is -0.116. The van der Waals surface area contributed by atoms with E-state index >= 15 is 0 Å². The van der Waals surface area contributed by atoms with Crippen molar-refractivity contribution in [3.63, 3.8) is 0 Å². The van der Waals surface area contributed by atoms with Crippen LogP contribution in [-0.2, 0) is 4.79 Å².